The van der Waals surface area contributed by atoms with E-state index in [-0.39, 0.29) is 76.6 Å². The van der Waals surface area contributed by atoms with Crippen molar-refractivity contribution >= 4 is 127 Å². The molecule has 626 valence electrons. The summed E-state index contributed by atoms with van der Waals surface area (Å²) in [6.07, 6.45) is 5.38. The van der Waals surface area contributed by atoms with Gasteiger partial charge in [0.25, 0.3) is 0 Å². The molecule has 0 aromatic carbocycles. The summed E-state index contributed by atoms with van der Waals surface area (Å²) < 4.78 is 82.9. The standard InChI is InChI=1S/C76H98N4O30S4/c1-41-21-25-73-37-100-67(93)61(43(3)23-27-97-57(84)13-9-11-15-59(86)106-50-33-54(104-52(73)31-41)75(39-102-75)71(50,73)6)108-69(95)99-29-30-111-112-35-48(77-8)65(90)79-47(19-20-56(82)83)63(88)78-46(18-17-45(5)81)64(89)80-49(66(91)92)36-113-114-110-70(96)109-62-44(4)24-28-98-58(85)14-10-12-16-60(87)107-51-34-55-76(40-103-76)72(51,7)74(38-101-68(62)94)26-22-42(2)32-53(74)105-55/h9-16,31-32,43-44,46-55,61-62,77H,17-30,33-40H2,1-8H3,(H,78,88)(H,79,90)(H,80,89)(H,82,83)(H,91,92)/b13-9+,14-10+,15-11-,16-12-/t43-,44-,46+,47+,48+,49+,50-,51-,52-,53-,54-,55-,61+,62+,71-,72-,73-,74-,75+,76+/m1/s1. The van der Waals surface area contributed by atoms with Crippen molar-refractivity contribution in [1.82, 2.24) is 21.3 Å². The summed E-state index contributed by atoms with van der Waals surface area (Å²) in [5, 5.41) is 30.0. The van der Waals surface area contributed by atoms with E-state index in [4.69, 9.17) is 65.8 Å². The van der Waals surface area contributed by atoms with Crippen molar-refractivity contribution in [2.24, 2.45) is 33.5 Å². The van der Waals surface area contributed by atoms with E-state index in [1.807, 2.05) is 39.8 Å². The summed E-state index contributed by atoms with van der Waals surface area (Å²) in [6.45, 7) is 11.6. The summed E-state index contributed by atoms with van der Waals surface area (Å²) >= 11 is 0.325. The van der Waals surface area contributed by atoms with E-state index < -0.39 is 220 Å². The molecule has 6 N–H and O–H groups in total. The monoisotopic (exact) mass is 1670 g/mol. The number of Topliss-reactive ketones (excluding diaryl/α,β-unsaturated/α-hetero) is 1. The summed E-state index contributed by atoms with van der Waals surface area (Å²) in [6, 6.07) is -6.05. The second kappa shape index (κ2) is 38.4. The number of carbonyl (C=O) groups excluding carboxylic acids is 12. The Kier molecular flexibility index (Phi) is 29.8. The number of allylic oxidation sites excluding steroid dienone is 6. The van der Waals surface area contributed by atoms with Gasteiger partial charge >= 0.3 is 60.1 Å². The Bertz CT molecular complexity index is 3880. The maximum Gasteiger partial charge on any atom is 0.522 e. The molecule has 0 aromatic rings. The maximum absolute atomic E-state index is 14.4. The minimum Gasteiger partial charge on any atom is -0.481 e. The van der Waals surface area contributed by atoms with Crippen molar-refractivity contribution in [1.29, 1.82) is 0 Å². The highest BCUT2D eigenvalue weighted by molar-refractivity contribution is 8.76. The normalized spacial score (nSPS) is 34.8. The van der Waals surface area contributed by atoms with E-state index in [1.54, 1.807) is 13.8 Å². The van der Waals surface area contributed by atoms with Crippen molar-refractivity contribution in [3.63, 3.8) is 0 Å². The molecule has 4 spiro atoms. The van der Waals surface area contributed by atoms with Crippen LogP contribution in [0.2, 0.25) is 0 Å². The lowest BCUT2D eigenvalue weighted by Crippen LogP contribution is -2.67. The molecule has 6 aliphatic heterocycles. The fraction of sp³-hybridized carbons (Fsp3) is 0.658. The van der Waals surface area contributed by atoms with Crippen LogP contribution in [0.5, 0.6) is 0 Å². The lowest BCUT2D eigenvalue weighted by atomic mass is 9.51. The van der Waals surface area contributed by atoms with Gasteiger partial charge in [0.2, 0.25) is 29.9 Å². The van der Waals surface area contributed by atoms with Gasteiger partial charge in [-0.1, -0.05) is 96.9 Å². The summed E-state index contributed by atoms with van der Waals surface area (Å²) in [7, 11) is 4.35. The van der Waals surface area contributed by atoms with E-state index in [1.165, 1.54) is 50.4 Å². The van der Waals surface area contributed by atoms with Gasteiger partial charge in [0.05, 0.1) is 67.7 Å². The highest BCUT2D eigenvalue weighted by atomic mass is 33.1. The molecule has 0 radical (unpaired) electrons. The Morgan fingerprint density at radius 1 is 0.561 bits per heavy atom. The number of aliphatic carboxylic acids is 2. The highest BCUT2D eigenvalue weighted by Crippen LogP contribution is 2.74. The van der Waals surface area contributed by atoms with Gasteiger partial charge in [-0.2, -0.15) is 0 Å². The molecule has 38 heteroatoms. The first-order chi connectivity index (χ1) is 54.2. The second-order valence-electron chi connectivity index (χ2n) is 30.5. The van der Waals surface area contributed by atoms with Gasteiger partial charge in [-0.25, -0.2) is 43.2 Å². The van der Waals surface area contributed by atoms with Crippen molar-refractivity contribution < 1.29 is 143 Å². The Labute approximate surface area is 673 Å². The number of hydrogen-bond acceptors (Lipinski definition) is 33. The summed E-state index contributed by atoms with van der Waals surface area (Å²) in [5.74, 6) is -13.2. The van der Waals surface area contributed by atoms with Crippen LogP contribution in [0.1, 0.15) is 126 Å². The van der Waals surface area contributed by atoms with Crippen LogP contribution in [-0.4, -0.2) is 249 Å². The summed E-state index contributed by atoms with van der Waals surface area (Å²) in [4.78, 5) is 186. The van der Waals surface area contributed by atoms with Crippen molar-refractivity contribution in [2.75, 3.05) is 70.6 Å². The van der Waals surface area contributed by atoms with E-state index in [9.17, 15) is 77.3 Å². The van der Waals surface area contributed by atoms with Crippen molar-refractivity contribution in [3.05, 3.63) is 71.9 Å². The minimum atomic E-state index is -1.76. The smallest absolute Gasteiger partial charge is 0.481 e. The molecule has 10 rings (SSSR count). The van der Waals surface area contributed by atoms with E-state index in [0.717, 1.165) is 44.9 Å². The highest BCUT2D eigenvalue weighted by Gasteiger charge is 2.84. The number of hydrogen-bond donors (Lipinski definition) is 6. The average molecular weight is 1680 g/mol. The average Bonchev–Trinajstić information content (AvgIpc) is 1.49. The van der Waals surface area contributed by atoms with E-state index >= 15 is 0 Å². The number of nitrogens with one attached hydrogen (secondary N) is 4. The van der Waals surface area contributed by atoms with Crippen LogP contribution in [0, 0.1) is 33.5 Å². The first-order valence-electron chi connectivity index (χ1n) is 37.7. The lowest BCUT2D eigenvalue weighted by Gasteiger charge is -2.58. The zero-order valence-corrected chi connectivity index (χ0v) is 67.6. The molecular weight excluding hydrogens is 1580 g/mol. The molecule has 3 amide bonds. The molecule has 0 aromatic heterocycles. The van der Waals surface area contributed by atoms with Crippen LogP contribution in [0.3, 0.4) is 0 Å². The quantitative estimate of drug-likeness (QED) is 0.0115. The first kappa shape index (κ1) is 88.4. The van der Waals surface area contributed by atoms with Crippen molar-refractivity contribution in [2.45, 2.75) is 210 Å². The van der Waals surface area contributed by atoms with Gasteiger partial charge in [0.15, 0.2) is 0 Å². The number of rotatable bonds is 26. The molecule has 4 bridgehead atoms. The number of ether oxygens (including phenoxy) is 13. The number of carbonyl (C=O) groups is 14. The predicted octanol–water partition coefficient (Wildman–Crippen LogP) is 5.72. The number of carboxylic acids is 2. The number of cyclic esters (lactones) is 4. The zero-order chi connectivity index (χ0) is 82.5. The molecule has 34 nitrogen and oxygen atoms in total. The van der Waals surface area contributed by atoms with Gasteiger partial charge in [0.1, 0.15) is 78.2 Å². The fourth-order valence-electron chi connectivity index (χ4n) is 16.8. The second-order valence-corrected chi connectivity index (χ2v) is 35.1. The van der Waals surface area contributed by atoms with Crippen LogP contribution in [0.25, 0.3) is 0 Å². The van der Waals surface area contributed by atoms with Gasteiger partial charge in [-0.3, -0.25) is 19.2 Å². The Morgan fingerprint density at radius 3 is 1.45 bits per heavy atom. The lowest BCUT2D eigenvalue weighted by molar-refractivity contribution is -0.234. The minimum absolute atomic E-state index is 0.00963. The fourth-order valence-corrected chi connectivity index (χ4v) is 20.3. The molecule has 4 saturated heterocycles. The molecule has 2 saturated carbocycles. The Morgan fingerprint density at radius 2 is 1.00 bits per heavy atom. The molecular formula is C76H98N4O30S4. The molecule has 20 atom stereocenters. The van der Waals surface area contributed by atoms with Crippen LogP contribution >= 0.6 is 43.5 Å². The third-order valence-corrected chi connectivity index (χ3v) is 27.7. The van der Waals surface area contributed by atoms with E-state index in [2.05, 4.69) is 21.3 Å². The molecule has 6 heterocycles. The van der Waals surface area contributed by atoms with Gasteiger partial charge in [-0.05, 0) is 90.0 Å². The molecule has 10 aliphatic rings. The molecule has 4 aliphatic carbocycles. The van der Waals surface area contributed by atoms with Crippen LogP contribution < -0.4 is 21.3 Å². The van der Waals surface area contributed by atoms with Crippen LogP contribution in [0.15, 0.2) is 71.9 Å². The summed E-state index contributed by atoms with van der Waals surface area (Å²) in [5.41, 5.74) is -3.45. The molecule has 114 heavy (non-hydrogen) atoms. The SMILES string of the molecule is CN[C@@H](CSSCCOC(=O)O[C@@H]1C(=O)OC[C@]23CCC(C)=C[C@H]2O[C@@H]2C[C@@H](OC(=O)/C=C\C=C\C(=O)OCC[C@H]1C)[C@@]3(C)[C@]21CO1)C(=O)N[C@@H](CCC(=O)O)C(=O)N[C@@H](CCC(C)=O)C(=O)N[C@@H](CSSOC(=O)O[C@@H]1C(=O)OC[C@]23CCC(C)=C[C@H]2O[C@@H]2C[C@@H](OC(=O)/C=C\C=C\C(=O)OCC[C@H]1C)[C@@]3(C)[C@]21CO1)C(=O)O. The topological polar surface area (TPSA) is 463 Å². The predicted molar refractivity (Wildman–Crippen MR) is 404 cm³/mol. The van der Waals surface area contributed by atoms with Crippen LogP contribution in [0.4, 0.5) is 9.59 Å². The zero-order valence-electron chi connectivity index (χ0n) is 64.4. The number of carboxylic acid groups (broad SMARTS) is 2. The third kappa shape index (κ3) is 19.8. The van der Waals surface area contributed by atoms with Gasteiger partial charge < -0.3 is 102 Å². The molecule has 0 unspecified atom stereocenters. The van der Waals surface area contributed by atoms with Gasteiger partial charge in [0, 0.05) is 89.9 Å². The van der Waals surface area contributed by atoms with Crippen LogP contribution in [-0.2, 0) is 123 Å². The van der Waals surface area contributed by atoms with Gasteiger partial charge in [-0.15, -0.1) is 0 Å². The maximum atomic E-state index is 14.4. The van der Waals surface area contributed by atoms with E-state index in [0.29, 0.717) is 67.2 Å². The molecule has 6 fully saturated rings. The number of esters is 6. The van der Waals surface area contributed by atoms with Crippen molar-refractivity contribution in [3.8, 4) is 0 Å². The first-order valence-corrected chi connectivity index (χ1v) is 42.5. The largest absolute Gasteiger partial charge is 0.522 e. The number of ketones is 1. The number of epoxide rings is 2. The third-order valence-electron chi connectivity index (χ3n) is 23.7. The Hall–Kier alpha value is -7.98. The number of amides is 3. The number of likely N-dealkylation sites (N-methyl/N-ethyl adjacent to an activating group) is 1. The Balaban J connectivity index is 0.705.